The van der Waals surface area contributed by atoms with E-state index in [-0.39, 0.29) is 17.9 Å². The number of halogens is 1. The quantitative estimate of drug-likeness (QED) is 0.834. The van der Waals surface area contributed by atoms with E-state index in [9.17, 15) is 9.59 Å². The molecule has 0 spiro atoms. The number of piperazine rings is 1. The highest BCUT2D eigenvalue weighted by Gasteiger charge is 2.28. The summed E-state index contributed by atoms with van der Waals surface area (Å²) in [6.07, 6.45) is 2.25. The minimum Gasteiger partial charge on any atom is -0.342 e. The monoisotopic (exact) mass is 392 g/mol. The molecule has 0 bridgehead atoms. The van der Waals surface area contributed by atoms with E-state index in [1.54, 1.807) is 0 Å². The van der Waals surface area contributed by atoms with Gasteiger partial charge in [-0.2, -0.15) is 0 Å². The lowest BCUT2D eigenvalue weighted by Crippen LogP contribution is -2.54. The van der Waals surface area contributed by atoms with Gasteiger partial charge in [-0.3, -0.25) is 19.4 Å². The first-order valence-electron chi connectivity index (χ1n) is 9.76. The van der Waals surface area contributed by atoms with Crippen LogP contribution in [-0.2, 0) is 9.59 Å². The number of rotatable bonds is 5. The van der Waals surface area contributed by atoms with Crippen LogP contribution in [0.1, 0.15) is 25.3 Å². The third-order valence-corrected chi connectivity index (χ3v) is 6.09. The highest BCUT2D eigenvalue weighted by Crippen LogP contribution is 2.23. The van der Waals surface area contributed by atoms with Crippen molar-refractivity contribution in [1.82, 2.24) is 14.7 Å². The molecular weight excluding hydrogens is 364 g/mol. The van der Waals surface area contributed by atoms with Gasteiger partial charge in [0, 0.05) is 50.0 Å². The molecule has 0 saturated carbocycles. The normalized spacial score (nSPS) is 19.9. The van der Waals surface area contributed by atoms with E-state index in [1.165, 1.54) is 0 Å². The average molecular weight is 393 g/mol. The Morgan fingerprint density at radius 3 is 2.44 bits per heavy atom. The molecule has 2 heterocycles. The topological polar surface area (TPSA) is 55.9 Å². The van der Waals surface area contributed by atoms with Crippen molar-refractivity contribution < 1.29 is 9.59 Å². The fraction of sp³-hybridized carbons (Fsp3) is 0.600. The van der Waals surface area contributed by atoms with Gasteiger partial charge in [-0.25, -0.2) is 0 Å². The number of carbonyl (C=O) groups is 2. The first-order valence-corrected chi connectivity index (χ1v) is 10.1. The maximum atomic E-state index is 12.6. The minimum atomic E-state index is -0.222. The van der Waals surface area contributed by atoms with E-state index in [4.69, 9.17) is 11.6 Å². The molecule has 0 aromatic heterocycles. The van der Waals surface area contributed by atoms with Gasteiger partial charge in [0.2, 0.25) is 11.8 Å². The molecule has 2 saturated heterocycles. The van der Waals surface area contributed by atoms with Gasteiger partial charge in [-0.15, -0.1) is 0 Å². The van der Waals surface area contributed by atoms with E-state index < -0.39 is 0 Å². The van der Waals surface area contributed by atoms with Crippen LogP contribution in [0.25, 0.3) is 0 Å². The second kappa shape index (κ2) is 9.04. The number of nitrogens with one attached hydrogen (secondary N) is 1. The molecule has 2 amide bonds. The zero-order chi connectivity index (χ0) is 19.4. The van der Waals surface area contributed by atoms with Crippen molar-refractivity contribution in [1.29, 1.82) is 0 Å². The van der Waals surface area contributed by atoms with Crippen molar-refractivity contribution >= 4 is 29.1 Å². The predicted octanol–water partition coefficient (Wildman–Crippen LogP) is 2.22. The van der Waals surface area contributed by atoms with Crippen LogP contribution < -0.4 is 5.32 Å². The molecule has 0 radical (unpaired) electrons. The lowest BCUT2D eigenvalue weighted by atomic mass is 10.1. The molecule has 1 aromatic carbocycles. The smallest absolute Gasteiger partial charge is 0.241 e. The second-order valence-corrected chi connectivity index (χ2v) is 7.88. The Morgan fingerprint density at radius 2 is 1.78 bits per heavy atom. The van der Waals surface area contributed by atoms with Crippen LogP contribution in [0.5, 0.6) is 0 Å². The minimum absolute atomic E-state index is 0.0260. The Labute approximate surface area is 166 Å². The Morgan fingerprint density at radius 1 is 1.11 bits per heavy atom. The molecule has 1 atom stereocenters. The highest BCUT2D eigenvalue weighted by molar-refractivity contribution is 6.31. The number of anilines is 1. The van der Waals surface area contributed by atoms with E-state index in [1.807, 2.05) is 36.9 Å². The molecule has 2 aliphatic rings. The average Bonchev–Trinajstić information content (AvgIpc) is 3.20. The molecule has 1 aromatic rings. The summed E-state index contributed by atoms with van der Waals surface area (Å²) in [5, 5.41) is 3.64. The Bertz CT molecular complexity index is 683. The van der Waals surface area contributed by atoms with Gasteiger partial charge >= 0.3 is 0 Å². The van der Waals surface area contributed by atoms with Crippen molar-refractivity contribution in [2.75, 3.05) is 51.1 Å². The maximum absolute atomic E-state index is 12.6. The van der Waals surface area contributed by atoms with Crippen LogP contribution in [0.2, 0.25) is 5.02 Å². The van der Waals surface area contributed by atoms with Gasteiger partial charge in [0.05, 0.1) is 12.6 Å². The highest BCUT2D eigenvalue weighted by atomic mass is 35.5. The summed E-state index contributed by atoms with van der Waals surface area (Å²) in [5.74, 6) is 0.213. The summed E-state index contributed by atoms with van der Waals surface area (Å²) in [6, 6.07) is 5.30. The van der Waals surface area contributed by atoms with Gasteiger partial charge in [-0.05, 0) is 44.4 Å². The van der Waals surface area contributed by atoms with Crippen LogP contribution in [0.4, 0.5) is 5.69 Å². The number of hydrogen-bond acceptors (Lipinski definition) is 4. The molecular formula is C20H29ClN4O2. The molecule has 148 valence electrons. The first-order chi connectivity index (χ1) is 13.0. The number of nitrogens with zero attached hydrogens (tertiary/aromatic N) is 3. The van der Waals surface area contributed by atoms with E-state index in [2.05, 4.69) is 15.1 Å². The Hall–Kier alpha value is -1.63. The molecule has 0 unspecified atom stereocenters. The molecule has 27 heavy (non-hydrogen) atoms. The number of carbonyl (C=O) groups excluding carboxylic acids is 2. The molecule has 2 aliphatic heterocycles. The van der Waals surface area contributed by atoms with Crippen molar-refractivity contribution in [3.63, 3.8) is 0 Å². The fourth-order valence-electron chi connectivity index (χ4n) is 3.71. The molecule has 6 nitrogen and oxygen atoms in total. The SMILES string of the molecule is Cc1c(Cl)cccc1NC(=O)[C@@H](C)N1CCN(CC(=O)N2CCCC2)CC1. The number of benzene rings is 1. The Balaban J connectivity index is 1.47. The summed E-state index contributed by atoms with van der Waals surface area (Å²) < 4.78 is 0. The lowest BCUT2D eigenvalue weighted by Gasteiger charge is -2.37. The second-order valence-electron chi connectivity index (χ2n) is 7.48. The van der Waals surface area contributed by atoms with Crippen LogP contribution in [0.3, 0.4) is 0 Å². The van der Waals surface area contributed by atoms with Crippen LogP contribution in [0.15, 0.2) is 18.2 Å². The number of hydrogen-bond donors (Lipinski definition) is 1. The summed E-state index contributed by atoms with van der Waals surface area (Å²) in [7, 11) is 0. The number of amides is 2. The zero-order valence-corrected chi connectivity index (χ0v) is 17.0. The number of likely N-dealkylation sites (tertiary alicyclic amines) is 1. The van der Waals surface area contributed by atoms with Gasteiger partial charge in [0.15, 0.2) is 0 Å². The van der Waals surface area contributed by atoms with Crippen LogP contribution in [-0.4, -0.2) is 78.4 Å². The Kier molecular flexibility index (Phi) is 6.73. The van der Waals surface area contributed by atoms with Crippen LogP contribution >= 0.6 is 11.6 Å². The third-order valence-electron chi connectivity index (χ3n) is 5.68. The van der Waals surface area contributed by atoms with E-state index >= 15 is 0 Å². The third kappa shape index (κ3) is 5.00. The van der Waals surface area contributed by atoms with Gasteiger partial charge < -0.3 is 10.2 Å². The van der Waals surface area contributed by atoms with Gasteiger partial charge in [-0.1, -0.05) is 17.7 Å². The zero-order valence-electron chi connectivity index (χ0n) is 16.2. The predicted molar refractivity (Wildman–Crippen MR) is 108 cm³/mol. The molecule has 1 N–H and O–H groups in total. The standard InChI is InChI=1S/C20H29ClN4O2/c1-15-17(21)6-5-7-18(15)22-20(27)16(2)24-12-10-23(11-13-24)14-19(26)25-8-3-4-9-25/h5-7,16H,3-4,8-14H2,1-2H3,(H,22,27)/t16-/m1/s1. The van der Waals surface area contributed by atoms with E-state index in [0.29, 0.717) is 11.6 Å². The summed E-state index contributed by atoms with van der Waals surface area (Å²) >= 11 is 6.13. The van der Waals surface area contributed by atoms with Crippen molar-refractivity contribution in [3.05, 3.63) is 28.8 Å². The summed E-state index contributed by atoms with van der Waals surface area (Å²) in [6.45, 7) is 9.33. The maximum Gasteiger partial charge on any atom is 0.241 e. The van der Waals surface area contributed by atoms with Crippen molar-refractivity contribution in [3.8, 4) is 0 Å². The summed E-state index contributed by atoms with van der Waals surface area (Å²) in [4.78, 5) is 31.3. The molecule has 3 rings (SSSR count). The largest absolute Gasteiger partial charge is 0.342 e. The fourth-order valence-corrected chi connectivity index (χ4v) is 3.89. The molecule has 2 fully saturated rings. The molecule has 0 aliphatic carbocycles. The van der Waals surface area contributed by atoms with Crippen LogP contribution in [0, 0.1) is 6.92 Å². The molecule has 7 heteroatoms. The van der Waals surface area contributed by atoms with Crippen molar-refractivity contribution in [2.24, 2.45) is 0 Å². The van der Waals surface area contributed by atoms with Gasteiger partial charge in [0.25, 0.3) is 0 Å². The van der Waals surface area contributed by atoms with E-state index in [0.717, 1.165) is 63.4 Å². The van der Waals surface area contributed by atoms with Gasteiger partial charge in [0.1, 0.15) is 0 Å². The lowest BCUT2D eigenvalue weighted by molar-refractivity contribution is -0.132. The summed E-state index contributed by atoms with van der Waals surface area (Å²) in [5.41, 5.74) is 1.64. The van der Waals surface area contributed by atoms with Crippen molar-refractivity contribution in [2.45, 2.75) is 32.7 Å². The first kappa shape index (κ1) is 20.1.